The summed E-state index contributed by atoms with van der Waals surface area (Å²) in [5, 5.41) is 24.9. The Labute approximate surface area is 106 Å². The van der Waals surface area contributed by atoms with E-state index >= 15 is 0 Å². The zero-order valence-corrected chi connectivity index (χ0v) is 9.72. The number of aromatic nitrogens is 1. The number of nitro benzene ring substituents is 1. The van der Waals surface area contributed by atoms with E-state index in [1.54, 1.807) is 24.4 Å². The van der Waals surface area contributed by atoms with Crippen LogP contribution in [0.3, 0.4) is 0 Å². The van der Waals surface area contributed by atoms with Gasteiger partial charge in [-0.25, -0.2) is 0 Å². The fraction of sp³-hybridized carbons (Fsp3) is 0.100. The second kappa shape index (κ2) is 6.10. The summed E-state index contributed by atoms with van der Waals surface area (Å²) in [6.07, 6.45) is 1.58. The summed E-state index contributed by atoms with van der Waals surface area (Å²) in [7, 11) is 1.51. The second-order valence-corrected chi connectivity index (χ2v) is 3.18. The quantitative estimate of drug-likeness (QED) is 0.648. The van der Waals surface area contributed by atoms with Crippen molar-refractivity contribution in [3.05, 3.63) is 50.7 Å². The number of fused-ring (bicyclic) bond motifs is 1. The van der Waals surface area contributed by atoms with Crippen LogP contribution >= 0.6 is 0 Å². The minimum Gasteiger partial charge on any atom is -0.494 e. The molecule has 1 heterocycles. The molecule has 1 aromatic heterocycles. The second-order valence-electron chi connectivity index (χ2n) is 3.18. The molecule has 0 saturated heterocycles. The van der Waals surface area contributed by atoms with Crippen molar-refractivity contribution in [3.8, 4) is 5.75 Å². The van der Waals surface area contributed by atoms with Crippen LogP contribution in [0.15, 0.2) is 30.5 Å². The van der Waals surface area contributed by atoms with E-state index < -0.39 is 10.0 Å². The smallest absolute Gasteiger partial charge is 0.291 e. The minimum absolute atomic E-state index is 0.0406. The summed E-state index contributed by atoms with van der Waals surface area (Å²) < 4.78 is 5.08. The van der Waals surface area contributed by atoms with Crippen LogP contribution in [0.1, 0.15) is 0 Å². The van der Waals surface area contributed by atoms with E-state index in [9.17, 15) is 10.1 Å². The van der Waals surface area contributed by atoms with Crippen molar-refractivity contribution in [2.45, 2.75) is 0 Å². The third-order valence-electron chi connectivity index (χ3n) is 2.13. The number of rotatable bonds is 2. The van der Waals surface area contributed by atoms with Gasteiger partial charge in [0.05, 0.1) is 17.4 Å². The highest BCUT2D eigenvalue weighted by Crippen LogP contribution is 2.30. The highest BCUT2D eigenvalue weighted by molar-refractivity contribution is 5.92. The lowest BCUT2D eigenvalue weighted by molar-refractivity contribution is -0.742. The average Bonchev–Trinajstić information content (AvgIpc) is 2.36. The summed E-state index contributed by atoms with van der Waals surface area (Å²) >= 11 is 0. The van der Waals surface area contributed by atoms with Gasteiger partial charge in [-0.2, -0.15) is 0 Å². The van der Waals surface area contributed by atoms with E-state index in [2.05, 4.69) is 4.98 Å². The highest BCUT2D eigenvalue weighted by Gasteiger charge is 2.14. The standard InChI is InChI=1S/C10H8N2O3.HNO3/c1-15-9-5-4-8(12(13)14)7-3-2-6-11-10(7)9;2-1(3)4/h2-6H,1H3;(H,2,3,4). The molecule has 9 heteroatoms. The monoisotopic (exact) mass is 267 g/mol. The van der Waals surface area contributed by atoms with E-state index in [0.29, 0.717) is 16.7 Å². The van der Waals surface area contributed by atoms with Crippen molar-refractivity contribution in [3.63, 3.8) is 0 Å². The molecule has 0 aliphatic rings. The van der Waals surface area contributed by atoms with Gasteiger partial charge >= 0.3 is 0 Å². The van der Waals surface area contributed by atoms with E-state index in [1.165, 1.54) is 13.2 Å². The van der Waals surface area contributed by atoms with Crippen LogP contribution in [0.4, 0.5) is 5.69 Å². The van der Waals surface area contributed by atoms with Crippen LogP contribution in [0, 0.1) is 20.2 Å². The lowest BCUT2D eigenvalue weighted by Crippen LogP contribution is -1.93. The molecule has 0 saturated carbocycles. The Morgan fingerprint density at radius 2 is 1.89 bits per heavy atom. The van der Waals surface area contributed by atoms with Gasteiger partial charge < -0.3 is 9.94 Å². The number of ether oxygens (including phenoxy) is 1. The maximum Gasteiger partial charge on any atom is 0.291 e. The van der Waals surface area contributed by atoms with E-state index in [0.717, 1.165) is 0 Å². The molecule has 1 N–H and O–H groups in total. The lowest BCUT2D eigenvalue weighted by Gasteiger charge is -2.03. The average molecular weight is 267 g/mol. The molecule has 0 amide bonds. The summed E-state index contributed by atoms with van der Waals surface area (Å²) in [4.78, 5) is 22.8. The van der Waals surface area contributed by atoms with Gasteiger partial charge in [-0.15, -0.1) is 10.1 Å². The van der Waals surface area contributed by atoms with Gasteiger partial charge in [-0.1, -0.05) is 0 Å². The zero-order valence-electron chi connectivity index (χ0n) is 9.72. The third-order valence-corrected chi connectivity index (χ3v) is 2.13. The van der Waals surface area contributed by atoms with Crippen LogP contribution in [0.2, 0.25) is 0 Å². The van der Waals surface area contributed by atoms with Crippen molar-refractivity contribution in [1.82, 2.24) is 4.98 Å². The molecule has 9 nitrogen and oxygen atoms in total. The molecule has 1 aromatic carbocycles. The number of non-ortho nitro benzene ring substituents is 1. The van der Waals surface area contributed by atoms with Crippen molar-refractivity contribution >= 4 is 16.6 Å². The molecule has 100 valence electrons. The number of nitrogens with zero attached hydrogens (tertiary/aromatic N) is 3. The molecule has 0 aliphatic heterocycles. The maximum absolute atomic E-state index is 10.8. The van der Waals surface area contributed by atoms with Crippen LogP contribution in [0.5, 0.6) is 5.75 Å². The first-order valence-corrected chi connectivity index (χ1v) is 4.86. The predicted octanol–water partition coefficient (Wildman–Crippen LogP) is 1.80. The fourth-order valence-electron chi connectivity index (χ4n) is 1.46. The van der Waals surface area contributed by atoms with Crippen molar-refractivity contribution in [2.24, 2.45) is 0 Å². The predicted molar refractivity (Wildman–Crippen MR) is 63.7 cm³/mol. The fourth-order valence-corrected chi connectivity index (χ4v) is 1.46. The molecule has 0 spiro atoms. The summed E-state index contributed by atoms with van der Waals surface area (Å²) in [6.45, 7) is 0. The van der Waals surface area contributed by atoms with Gasteiger partial charge in [0, 0.05) is 12.3 Å². The third kappa shape index (κ3) is 3.49. The number of methoxy groups -OCH3 is 1. The Bertz CT molecular complexity index is 611. The Morgan fingerprint density at radius 3 is 2.42 bits per heavy atom. The van der Waals surface area contributed by atoms with Gasteiger partial charge in [-0.05, 0) is 18.2 Å². The molecule has 2 rings (SSSR count). The van der Waals surface area contributed by atoms with Crippen LogP contribution < -0.4 is 4.74 Å². The van der Waals surface area contributed by atoms with Gasteiger partial charge in [0.15, 0.2) is 0 Å². The molecule has 0 fully saturated rings. The SMILES string of the molecule is COc1ccc([N+](=O)[O-])c2cccnc12.O=[N+]([O-])O. The molecular formula is C10H9N3O6. The molecular weight excluding hydrogens is 258 g/mol. The first-order valence-electron chi connectivity index (χ1n) is 4.86. The Kier molecular flexibility index (Phi) is 4.52. The van der Waals surface area contributed by atoms with Crippen LogP contribution in [-0.2, 0) is 0 Å². The first kappa shape index (κ1) is 14.1. The van der Waals surface area contributed by atoms with Crippen molar-refractivity contribution < 1.29 is 20.0 Å². The van der Waals surface area contributed by atoms with Gasteiger partial charge in [0.25, 0.3) is 10.8 Å². The number of hydrogen-bond acceptors (Lipinski definition) is 6. The minimum atomic E-state index is -1.50. The number of pyridine rings is 1. The topological polar surface area (TPSA) is 129 Å². The lowest BCUT2D eigenvalue weighted by atomic mass is 10.1. The zero-order chi connectivity index (χ0) is 14.4. The van der Waals surface area contributed by atoms with Crippen LogP contribution in [-0.4, -0.2) is 27.3 Å². The van der Waals surface area contributed by atoms with Gasteiger partial charge in [0.2, 0.25) is 0 Å². The van der Waals surface area contributed by atoms with Crippen molar-refractivity contribution in [2.75, 3.05) is 7.11 Å². The Balaban J connectivity index is 0.000000399. The molecule has 0 bridgehead atoms. The Hall–Kier alpha value is -2.97. The van der Waals surface area contributed by atoms with E-state index in [-0.39, 0.29) is 5.69 Å². The Morgan fingerprint density at radius 1 is 1.26 bits per heavy atom. The summed E-state index contributed by atoms with van der Waals surface area (Å²) in [6, 6.07) is 6.29. The van der Waals surface area contributed by atoms with Gasteiger partial charge in [-0.3, -0.25) is 15.1 Å². The number of benzene rings is 1. The van der Waals surface area contributed by atoms with Crippen molar-refractivity contribution in [1.29, 1.82) is 0 Å². The molecule has 0 atom stereocenters. The number of nitro groups is 1. The summed E-state index contributed by atoms with van der Waals surface area (Å²) in [5.74, 6) is 0.538. The normalized spacial score (nSPS) is 9.32. The molecule has 0 aliphatic carbocycles. The van der Waals surface area contributed by atoms with E-state index in [4.69, 9.17) is 20.1 Å². The van der Waals surface area contributed by atoms with E-state index in [1.807, 2.05) is 0 Å². The molecule has 0 radical (unpaired) electrons. The maximum atomic E-state index is 10.8. The molecule has 19 heavy (non-hydrogen) atoms. The summed E-state index contributed by atoms with van der Waals surface area (Å²) in [5.41, 5.74) is 0.549. The van der Waals surface area contributed by atoms with Gasteiger partial charge in [0.1, 0.15) is 11.3 Å². The molecule has 2 aromatic rings. The largest absolute Gasteiger partial charge is 0.494 e. The number of hydrogen-bond donors (Lipinski definition) is 1. The molecule has 0 unspecified atom stereocenters. The van der Waals surface area contributed by atoms with Crippen LogP contribution in [0.25, 0.3) is 10.9 Å². The first-order chi connectivity index (χ1) is 8.97. The highest BCUT2D eigenvalue weighted by atomic mass is 16.9.